The zero-order chi connectivity index (χ0) is 33.6. The van der Waals surface area contributed by atoms with Gasteiger partial charge in [0.25, 0.3) is 0 Å². The van der Waals surface area contributed by atoms with Crippen LogP contribution in [0.1, 0.15) is 79.1 Å². The zero-order valence-electron chi connectivity index (χ0n) is 28.7. The van der Waals surface area contributed by atoms with E-state index in [0.717, 1.165) is 114 Å². The number of benzene rings is 4. The van der Waals surface area contributed by atoms with Gasteiger partial charge in [-0.15, -0.1) is 0 Å². The highest BCUT2D eigenvalue weighted by atomic mass is 32.2. The lowest BCUT2D eigenvalue weighted by Crippen LogP contribution is -2.03. The van der Waals surface area contributed by atoms with E-state index in [9.17, 15) is 0 Å². The third kappa shape index (κ3) is 9.80. The molecule has 0 unspecified atom stereocenters. The van der Waals surface area contributed by atoms with E-state index in [1.54, 1.807) is 47.0 Å². The molecule has 0 spiro atoms. The SMILES string of the molecule is CCCCOc1c2cccc1Sc1cccc(c1OCCCC)Sc1cccc(c1OCCCC)Sc1cccc(c1OCCCC)S2. The van der Waals surface area contributed by atoms with Crippen LogP contribution in [0.4, 0.5) is 0 Å². The van der Waals surface area contributed by atoms with Gasteiger partial charge >= 0.3 is 0 Å². The number of fused-ring (bicyclic) bond motifs is 8. The van der Waals surface area contributed by atoms with Crippen molar-refractivity contribution in [2.24, 2.45) is 0 Å². The first-order chi connectivity index (χ1) is 23.7. The standard InChI is InChI=1S/C40H48O4S4/c1-5-9-25-41-37-29-17-13-18-30(37)46-32-20-15-22-34(39(32)43-27-11-7-3)48-36-24-16-23-35(40(36)44-28-12-8-4)47-33-21-14-19-31(45-29)38(33)42-26-10-6-2/h13-24H,5-12,25-28H2,1-4H3. The summed E-state index contributed by atoms with van der Waals surface area (Å²) in [5.41, 5.74) is 0. The summed E-state index contributed by atoms with van der Waals surface area (Å²) in [6.45, 7) is 11.5. The van der Waals surface area contributed by atoms with E-state index >= 15 is 0 Å². The maximum atomic E-state index is 6.62. The van der Waals surface area contributed by atoms with Crippen molar-refractivity contribution in [3.63, 3.8) is 0 Å². The summed E-state index contributed by atoms with van der Waals surface area (Å²) in [6.07, 6.45) is 8.29. The minimum absolute atomic E-state index is 0.669. The van der Waals surface area contributed by atoms with Gasteiger partial charge in [0.1, 0.15) is 23.0 Å². The van der Waals surface area contributed by atoms with Crippen LogP contribution in [0.5, 0.6) is 23.0 Å². The molecule has 1 heterocycles. The summed E-state index contributed by atoms with van der Waals surface area (Å²) >= 11 is 6.88. The van der Waals surface area contributed by atoms with Crippen molar-refractivity contribution in [3.8, 4) is 23.0 Å². The number of rotatable bonds is 16. The molecule has 0 saturated heterocycles. The van der Waals surface area contributed by atoms with Crippen LogP contribution in [-0.4, -0.2) is 26.4 Å². The molecule has 0 aliphatic carbocycles. The Morgan fingerprint density at radius 2 is 0.521 bits per heavy atom. The Bertz CT molecular complexity index is 1290. The first kappa shape index (κ1) is 36.8. The van der Waals surface area contributed by atoms with E-state index in [1.165, 1.54) is 0 Å². The number of unbranched alkanes of at least 4 members (excludes halogenated alkanes) is 4. The monoisotopic (exact) mass is 720 g/mol. The van der Waals surface area contributed by atoms with E-state index in [2.05, 4.69) is 100 Å². The Kier molecular flexibility index (Phi) is 15.0. The molecule has 8 bridgehead atoms. The van der Waals surface area contributed by atoms with Crippen molar-refractivity contribution in [2.75, 3.05) is 26.4 Å². The van der Waals surface area contributed by atoms with Crippen LogP contribution in [0.25, 0.3) is 0 Å². The Morgan fingerprint density at radius 1 is 0.333 bits per heavy atom. The van der Waals surface area contributed by atoms with Crippen LogP contribution in [0, 0.1) is 0 Å². The summed E-state index contributed by atoms with van der Waals surface area (Å²) in [7, 11) is 0. The molecule has 1 aliphatic rings. The predicted octanol–water partition coefficient (Wildman–Crippen LogP) is 13.3. The number of para-hydroxylation sites is 4. The van der Waals surface area contributed by atoms with Crippen molar-refractivity contribution >= 4 is 47.0 Å². The van der Waals surface area contributed by atoms with Crippen LogP contribution < -0.4 is 18.9 Å². The molecular weight excluding hydrogens is 673 g/mol. The second-order valence-electron chi connectivity index (χ2n) is 11.5. The first-order valence-electron chi connectivity index (χ1n) is 17.4. The lowest BCUT2D eigenvalue weighted by molar-refractivity contribution is 0.292. The fourth-order valence-corrected chi connectivity index (χ4v) is 9.41. The highest BCUT2D eigenvalue weighted by Crippen LogP contribution is 2.53. The summed E-state index contributed by atoms with van der Waals surface area (Å²) in [5, 5.41) is 0. The molecule has 0 aromatic heterocycles. The van der Waals surface area contributed by atoms with Gasteiger partial charge in [-0.2, -0.15) is 0 Å². The molecule has 256 valence electrons. The van der Waals surface area contributed by atoms with Gasteiger partial charge in [-0.25, -0.2) is 0 Å². The fourth-order valence-electron chi connectivity index (χ4n) is 4.94. The second-order valence-corrected chi connectivity index (χ2v) is 15.9. The molecule has 1 aliphatic heterocycles. The molecule has 48 heavy (non-hydrogen) atoms. The Hall–Kier alpha value is -2.52. The summed E-state index contributed by atoms with van der Waals surface area (Å²) in [5.74, 6) is 3.67. The van der Waals surface area contributed by atoms with Gasteiger partial charge in [0.2, 0.25) is 0 Å². The van der Waals surface area contributed by atoms with Gasteiger partial charge in [-0.05, 0) is 74.2 Å². The minimum Gasteiger partial charge on any atom is -0.491 e. The van der Waals surface area contributed by atoms with Gasteiger partial charge in [-0.1, -0.05) is 125 Å². The fraction of sp³-hybridized carbons (Fsp3) is 0.400. The van der Waals surface area contributed by atoms with Crippen LogP contribution in [0.15, 0.2) is 112 Å². The molecule has 0 amide bonds. The summed E-state index contributed by atoms with van der Waals surface area (Å²) < 4.78 is 26.5. The largest absolute Gasteiger partial charge is 0.491 e. The molecule has 4 nitrogen and oxygen atoms in total. The second kappa shape index (κ2) is 19.6. The van der Waals surface area contributed by atoms with Gasteiger partial charge in [0, 0.05) is 0 Å². The first-order valence-corrected chi connectivity index (χ1v) is 20.7. The van der Waals surface area contributed by atoms with E-state index in [0.29, 0.717) is 26.4 Å². The quantitative estimate of drug-likeness (QED) is 0.0933. The van der Waals surface area contributed by atoms with E-state index in [4.69, 9.17) is 18.9 Å². The topological polar surface area (TPSA) is 36.9 Å². The Morgan fingerprint density at radius 3 is 0.688 bits per heavy atom. The lowest BCUT2D eigenvalue weighted by atomic mass is 10.3. The van der Waals surface area contributed by atoms with Crippen molar-refractivity contribution in [2.45, 2.75) is 118 Å². The maximum Gasteiger partial charge on any atom is 0.147 e. The van der Waals surface area contributed by atoms with Crippen LogP contribution >= 0.6 is 47.0 Å². The zero-order valence-corrected chi connectivity index (χ0v) is 31.9. The summed E-state index contributed by atoms with van der Waals surface area (Å²) in [4.78, 5) is 8.63. The third-order valence-electron chi connectivity index (χ3n) is 7.63. The van der Waals surface area contributed by atoms with E-state index < -0.39 is 0 Å². The lowest BCUT2D eigenvalue weighted by Gasteiger charge is -2.21. The number of hydrogen-bond acceptors (Lipinski definition) is 8. The van der Waals surface area contributed by atoms with Gasteiger partial charge in [0.15, 0.2) is 0 Å². The predicted molar refractivity (Wildman–Crippen MR) is 204 cm³/mol. The van der Waals surface area contributed by atoms with Crippen LogP contribution in [0.3, 0.4) is 0 Å². The molecule has 5 rings (SSSR count). The molecule has 0 N–H and O–H groups in total. The number of ether oxygens (including phenoxy) is 4. The van der Waals surface area contributed by atoms with Crippen molar-refractivity contribution in [1.82, 2.24) is 0 Å². The molecule has 8 heteroatoms. The van der Waals surface area contributed by atoms with Crippen molar-refractivity contribution in [3.05, 3.63) is 72.8 Å². The highest BCUT2D eigenvalue weighted by molar-refractivity contribution is 8.01. The van der Waals surface area contributed by atoms with E-state index in [1.807, 2.05) is 0 Å². The normalized spacial score (nSPS) is 12.4. The molecular formula is C40H48O4S4. The van der Waals surface area contributed by atoms with Gasteiger partial charge in [0.05, 0.1) is 65.6 Å². The number of hydrogen-bond donors (Lipinski definition) is 0. The minimum atomic E-state index is 0.669. The smallest absolute Gasteiger partial charge is 0.147 e. The molecule has 4 aromatic carbocycles. The molecule has 4 aromatic rings. The van der Waals surface area contributed by atoms with Crippen molar-refractivity contribution in [1.29, 1.82) is 0 Å². The van der Waals surface area contributed by atoms with E-state index in [-0.39, 0.29) is 0 Å². The molecule has 0 fully saturated rings. The van der Waals surface area contributed by atoms with Crippen molar-refractivity contribution < 1.29 is 18.9 Å². The Labute approximate surface area is 304 Å². The van der Waals surface area contributed by atoms with Gasteiger partial charge in [-0.3, -0.25) is 0 Å². The maximum absolute atomic E-state index is 6.62. The average molecular weight is 721 g/mol. The van der Waals surface area contributed by atoms with Crippen LogP contribution in [0.2, 0.25) is 0 Å². The molecule has 0 radical (unpaired) electrons. The molecule has 0 atom stereocenters. The molecule has 0 saturated carbocycles. The average Bonchev–Trinajstić information content (AvgIpc) is 3.09. The summed E-state index contributed by atoms with van der Waals surface area (Å²) in [6, 6.07) is 25.9. The van der Waals surface area contributed by atoms with Gasteiger partial charge < -0.3 is 18.9 Å². The Balaban J connectivity index is 1.70. The highest BCUT2D eigenvalue weighted by Gasteiger charge is 2.23. The third-order valence-corrected chi connectivity index (χ3v) is 12.0. The van der Waals surface area contributed by atoms with Crippen LogP contribution in [-0.2, 0) is 0 Å².